The SMILES string of the molecule is CCCC1CCN(C(C)CC(C)(O)CN)C1. The van der Waals surface area contributed by atoms with Crippen LogP contribution in [-0.2, 0) is 0 Å². The molecule has 1 rings (SSSR count). The predicted octanol–water partition coefficient (Wildman–Crippen LogP) is 1.60. The van der Waals surface area contributed by atoms with Crippen molar-refractivity contribution in [1.82, 2.24) is 4.90 Å². The minimum atomic E-state index is -0.706. The lowest BCUT2D eigenvalue weighted by atomic mass is 9.97. The Labute approximate surface area is 100 Å². The van der Waals surface area contributed by atoms with E-state index in [-0.39, 0.29) is 0 Å². The van der Waals surface area contributed by atoms with E-state index in [1.54, 1.807) is 0 Å². The Morgan fingerprint density at radius 3 is 2.81 bits per heavy atom. The van der Waals surface area contributed by atoms with Crippen LogP contribution in [0.1, 0.15) is 46.5 Å². The lowest BCUT2D eigenvalue weighted by molar-refractivity contribution is 0.0324. The van der Waals surface area contributed by atoms with Crippen molar-refractivity contribution in [2.45, 2.75) is 58.1 Å². The lowest BCUT2D eigenvalue weighted by Crippen LogP contribution is -2.42. The Balaban J connectivity index is 2.36. The average Bonchev–Trinajstić information content (AvgIpc) is 2.66. The summed E-state index contributed by atoms with van der Waals surface area (Å²) in [5.41, 5.74) is 4.85. The standard InChI is InChI=1S/C13H28N2O/c1-4-5-12-6-7-15(9-12)11(2)8-13(3,16)10-14/h11-12,16H,4-10,14H2,1-3H3. The molecule has 1 heterocycles. The molecule has 3 N–H and O–H groups in total. The molecule has 16 heavy (non-hydrogen) atoms. The molecule has 1 aliphatic rings. The minimum absolute atomic E-state index is 0.351. The van der Waals surface area contributed by atoms with Crippen molar-refractivity contribution in [2.75, 3.05) is 19.6 Å². The van der Waals surface area contributed by atoms with Gasteiger partial charge in [0.1, 0.15) is 0 Å². The van der Waals surface area contributed by atoms with Crippen molar-refractivity contribution in [2.24, 2.45) is 11.7 Å². The summed E-state index contributed by atoms with van der Waals surface area (Å²) in [7, 11) is 0. The van der Waals surface area contributed by atoms with Gasteiger partial charge in [0.05, 0.1) is 5.60 Å². The van der Waals surface area contributed by atoms with Crippen molar-refractivity contribution in [3.8, 4) is 0 Å². The van der Waals surface area contributed by atoms with Crippen LogP contribution in [0, 0.1) is 5.92 Å². The molecule has 0 radical (unpaired) electrons. The zero-order valence-corrected chi connectivity index (χ0v) is 11.1. The molecule has 1 saturated heterocycles. The summed E-state index contributed by atoms with van der Waals surface area (Å²) < 4.78 is 0. The predicted molar refractivity (Wildman–Crippen MR) is 68.3 cm³/mol. The van der Waals surface area contributed by atoms with E-state index in [1.165, 1.54) is 32.4 Å². The van der Waals surface area contributed by atoms with Crippen LogP contribution >= 0.6 is 0 Å². The number of nitrogens with zero attached hydrogens (tertiary/aromatic N) is 1. The molecule has 0 spiro atoms. The number of rotatable bonds is 6. The largest absolute Gasteiger partial charge is 0.389 e. The van der Waals surface area contributed by atoms with E-state index in [9.17, 15) is 5.11 Å². The second-order valence-corrected chi connectivity index (χ2v) is 5.69. The van der Waals surface area contributed by atoms with Gasteiger partial charge in [0.2, 0.25) is 0 Å². The Morgan fingerprint density at radius 1 is 1.56 bits per heavy atom. The second-order valence-electron chi connectivity index (χ2n) is 5.69. The third-order valence-corrected chi connectivity index (χ3v) is 3.81. The van der Waals surface area contributed by atoms with E-state index in [0.717, 1.165) is 12.3 Å². The molecule has 0 aliphatic carbocycles. The summed E-state index contributed by atoms with van der Waals surface area (Å²) >= 11 is 0. The van der Waals surface area contributed by atoms with E-state index in [0.29, 0.717) is 12.6 Å². The van der Waals surface area contributed by atoms with Crippen molar-refractivity contribution in [3.63, 3.8) is 0 Å². The molecule has 0 aromatic rings. The smallest absolute Gasteiger partial charge is 0.0756 e. The first-order valence-electron chi connectivity index (χ1n) is 6.65. The molecule has 1 fully saturated rings. The minimum Gasteiger partial charge on any atom is -0.389 e. The number of nitrogens with two attached hydrogens (primary N) is 1. The average molecular weight is 228 g/mol. The first-order valence-corrected chi connectivity index (χ1v) is 6.65. The van der Waals surface area contributed by atoms with Gasteiger partial charge >= 0.3 is 0 Å². The maximum absolute atomic E-state index is 9.97. The molecule has 3 unspecified atom stereocenters. The number of hydrogen-bond acceptors (Lipinski definition) is 3. The van der Waals surface area contributed by atoms with Crippen LogP contribution < -0.4 is 5.73 Å². The van der Waals surface area contributed by atoms with Gasteiger partial charge in [0.25, 0.3) is 0 Å². The summed E-state index contributed by atoms with van der Waals surface area (Å²) in [6.07, 6.45) is 4.73. The topological polar surface area (TPSA) is 49.5 Å². The highest BCUT2D eigenvalue weighted by Gasteiger charge is 2.29. The summed E-state index contributed by atoms with van der Waals surface area (Å²) in [6, 6.07) is 0.445. The van der Waals surface area contributed by atoms with Crippen LogP contribution in [-0.4, -0.2) is 41.3 Å². The summed E-state index contributed by atoms with van der Waals surface area (Å²) in [5.74, 6) is 0.871. The maximum atomic E-state index is 9.97. The molecule has 1 aliphatic heterocycles. The van der Waals surface area contributed by atoms with Gasteiger partial charge in [-0.05, 0) is 45.6 Å². The van der Waals surface area contributed by atoms with Gasteiger partial charge in [-0.3, -0.25) is 0 Å². The molecule has 3 atom stereocenters. The molecule has 96 valence electrons. The second kappa shape index (κ2) is 5.99. The Morgan fingerprint density at radius 2 is 2.25 bits per heavy atom. The van der Waals surface area contributed by atoms with Crippen LogP contribution in [0.5, 0.6) is 0 Å². The highest BCUT2D eigenvalue weighted by molar-refractivity contribution is 4.85. The molecule has 0 aromatic heterocycles. The fourth-order valence-electron chi connectivity index (χ4n) is 2.76. The molecule has 0 aromatic carbocycles. The first kappa shape index (κ1) is 13.9. The number of hydrogen-bond donors (Lipinski definition) is 2. The van der Waals surface area contributed by atoms with Gasteiger partial charge in [-0.25, -0.2) is 0 Å². The highest BCUT2D eigenvalue weighted by Crippen LogP contribution is 2.25. The first-order chi connectivity index (χ1) is 7.48. The van der Waals surface area contributed by atoms with Crippen LogP contribution in [0.15, 0.2) is 0 Å². The molecular weight excluding hydrogens is 200 g/mol. The monoisotopic (exact) mass is 228 g/mol. The van der Waals surface area contributed by atoms with Crippen molar-refractivity contribution in [1.29, 1.82) is 0 Å². The van der Waals surface area contributed by atoms with Gasteiger partial charge in [-0.1, -0.05) is 13.3 Å². The fraction of sp³-hybridized carbons (Fsp3) is 1.00. The zero-order valence-electron chi connectivity index (χ0n) is 11.1. The Bertz CT molecular complexity index is 206. The third kappa shape index (κ3) is 4.04. The van der Waals surface area contributed by atoms with Gasteiger partial charge in [-0.2, -0.15) is 0 Å². The van der Waals surface area contributed by atoms with Crippen LogP contribution in [0.25, 0.3) is 0 Å². The van der Waals surface area contributed by atoms with Gasteiger partial charge < -0.3 is 15.7 Å². The van der Waals surface area contributed by atoms with E-state index in [2.05, 4.69) is 18.7 Å². The quantitative estimate of drug-likeness (QED) is 0.726. The fourth-order valence-corrected chi connectivity index (χ4v) is 2.76. The molecule has 0 bridgehead atoms. The van der Waals surface area contributed by atoms with E-state index < -0.39 is 5.60 Å². The van der Waals surface area contributed by atoms with Crippen LogP contribution in [0.3, 0.4) is 0 Å². The van der Waals surface area contributed by atoms with Gasteiger partial charge in [0, 0.05) is 19.1 Å². The molecule has 0 saturated carbocycles. The maximum Gasteiger partial charge on any atom is 0.0756 e. The van der Waals surface area contributed by atoms with E-state index in [4.69, 9.17) is 5.73 Å². The van der Waals surface area contributed by atoms with Crippen molar-refractivity contribution in [3.05, 3.63) is 0 Å². The highest BCUT2D eigenvalue weighted by atomic mass is 16.3. The number of likely N-dealkylation sites (tertiary alicyclic amines) is 1. The third-order valence-electron chi connectivity index (χ3n) is 3.81. The van der Waals surface area contributed by atoms with E-state index >= 15 is 0 Å². The lowest BCUT2D eigenvalue weighted by Gasteiger charge is -2.31. The van der Waals surface area contributed by atoms with Crippen molar-refractivity contribution < 1.29 is 5.11 Å². The van der Waals surface area contributed by atoms with Gasteiger partial charge in [0.15, 0.2) is 0 Å². The Hall–Kier alpha value is -0.120. The summed E-state index contributed by atoms with van der Waals surface area (Å²) in [4.78, 5) is 2.50. The van der Waals surface area contributed by atoms with Crippen LogP contribution in [0.2, 0.25) is 0 Å². The molecule has 3 heteroatoms. The van der Waals surface area contributed by atoms with Crippen LogP contribution in [0.4, 0.5) is 0 Å². The van der Waals surface area contributed by atoms with Crippen molar-refractivity contribution >= 4 is 0 Å². The van der Waals surface area contributed by atoms with E-state index in [1.807, 2.05) is 6.92 Å². The Kier molecular flexibility index (Phi) is 5.22. The van der Waals surface area contributed by atoms with Gasteiger partial charge in [-0.15, -0.1) is 0 Å². The normalized spacial score (nSPS) is 27.9. The zero-order chi connectivity index (χ0) is 12.2. The summed E-state index contributed by atoms with van der Waals surface area (Å²) in [5, 5.41) is 9.97. The molecule has 0 amide bonds. The molecular formula is C13H28N2O. The number of aliphatic hydroxyl groups is 1. The molecule has 3 nitrogen and oxygen atoms in total. The summed E-state index contributed by atoms with van der Waals surface area (Å²) in [6.45, 7) is 9.04.